The molecule has 1 aliphatic rings. The normalized spacial score (nSPS) is 15.6. The summed E-state index contributed by atoms with van der Waals surface area (Å²) in [5, 5.41) is 3.46. The van der Waals surface area contributed by atoms with Crippen LogP contribution in [0.25, 0.3) is 0 Å². The zero-order chi connectivity index (χ0) is 16.1. The summed E-state index contributed by atoms with van der Waals surface area (Å²) >= 11 is 0. The molecule has 1 N–H and O–H groups in total. The van der Waals surface area contributed by atoms with Crippen molar-refractivity contribution in [2.75, 3.05) is 13.1 Å². The maximum absolute atomic E-state index is 12.9. The van der Waals surface area contributed by atoms with Gasteiger partial charge in [0.2, 0.25) is 5.91 Å². The summed E-state index contributed by atoms with van der Waals surface area (Å²) in [6.45, 7) is 4.54. The van der Waals surface area contributed by atoms with E-state index in [4.69, 9.17) is 0 Å². The van der Waals surface area contributed by atoms with E-state index in [1.807, 2.05) is 35.2 Å². The fraction of sp³-hybridized carbons (Fsp3) is 0.350. The molecule has 2 aromatic carbocycles. The fourth-order valence-corrected chi connectivity index (χ4v) is 3.04. The third-order valence-electron chi connectivity index (χ3n) is 4.43. The molecule has 2 aromatic rings. The maximum atomic E-state index is 12.9. The molecule has 0 aliphatic carbocycles. The van der Waals surface area contributed by atoms with Crippen molar-refractivity contribution in [1.82, 2.24) is 10.2 Å². The molecule has 3 heteroatoms. The van der Waals surface area contributed by atoms with E-state index < -0.39 is 0 Å². The van der Waals surface area contributed by atoms with Crippen LogP contribution in [0.2, 0.25) is 0 Å². The molecule has 0 saturated carbocycles. The lowest BCUT2D eigenvalue weighted by Crippen LogP contribution is -2.39. The van der Waals surface area contributed by atoms with Crippen molar-refractivity contribution >= 4 is 5.91 Å². The minimum Gasteiger partial charge on any atom is -0.341 e. The Labute approximate surface area is 138 Å². The van der Waals surface area contributed by atoms with Crippen LogP contribution in [-0.4, -0.2) is 23.9 Å². The number of carbonyl (C=O) groups excluding carboxylic acids is 1. The first-order valence-electron chi connectivity index (χ1n) is 8.37. The monoisotopic (exact) mass is 308 g/mol. The third kappa shape index (κ3) is 3.99. The molecule has 3 rings (SSSR count). The molecule has 1 aliphatic heterocycles. The van der Waals surface area contributed by atoms with Gasteiger partial charge >= 0.3 is 0 Å². The Morgan fingerprint density at radius 2 is 1.70 bits per heavy atom. The fourth-order valence-electron chi connectivity index (χ4n) is 3.04. The van der Waals surface area contributed by atoms with Crippen molar-refractivity contribution in [3.05, 3.63) is 71.3 Å². The summed E-state index contributed by atoms with van der Waals surface area (Å²) in [4.78, 5) is 14.9. The van der Waals surface area contributed by atoms with Crippen molar-refractivity contribution in [2.45, 2.75) is 32.4 Å². The average molecular weight is 308 g/mol. The van der Waals surface area contributed by atoms with Gasteiger partial charge in [-0.1, -0.05) is 60.2 Å². The molecule has 0 radical (unpaired) electrons. The van der Waals surface area contributed by atoms with Crippen LogP contribution < -0.4 is 5.32 Å². The Balaban J connectivity index is 1.74. The number of likely N-dealkylation sites (tertiary alicyclic amines) is 1. The van der Waals surface area contributed by atoms with E-state index in [1.165, 1.54) is 11.1 Å². The highest BCUT2D eigenvalue weighted by Gasteiger charge is 2.27. The maximum Gasteiger partial charge on any atom is 0.244 e. The predicted molar refractivity (Wildman–Crippen MR) is 93.0 cm³/mol. The van der Waals surface area contributed by atoms with Gasteiger partial charge in [-0.2, -0.15) is 0 Å². The molecular formula is C20H24N2O. The number of hydrogen-bond donors (Lipinski definition) is 1. The Kier molecular flexibility index (Phi) is 5.09. The minimum atomic E-state index is -0.268. The van der Waals surface area contributed by atoms with Gasteiger partial charge < -0.3 is 4.90 Å². The largest absolute Gasteiger partial charge is 0.341 e. The zero-order valence-electron chi connectivity index (χ0n) is 13.7. The van der Waals surface area contributed by atoms with Gasteiger partial charge in [-0.25, -0.2) is 0 Å². The molecule has 0 spiro atoms. The number of nitrogens with zero attached hydrogens (tertiary/aromatic N) is 1. The minimum absolute atomic E-state index is 0.195. The first-order chi connectivity index (χ1) is 11.2. The van der Waals surface area contributed by atoms with Crippen molar-refractivity contribution in [3.63, 3.8) is 0 Å². The van der Waals surface area contributed by atoms with Gasteiger partial charge in [-0.3, -0.25) is 10.1 Å². The van der Waals surface area contributed by atoms with Crippen LogP contribution in [0.3, 0.4) is 0 Å². The lowest BCUT2D eigenvalue weighted by atomic mass is 10.0. The van der Waals surface area contributed by atoms with Gasteiger partial charge in [0.05, 0.1) is 0 Å². The number of rotatable bonds is 5. The highest BCUT2D eigenvalue weighted by atomic mass is 16.2. The highest BCUT2D eigenvalue weighted by Crippen LogP contribution is 2.20. The summed E-state index contributed by atoms with van der Waals surface area (Å²) in [7, 11) is 0. The lowest BCUT2D eigenvalue weighted by Gasteiger charge is -2.24. The molecule has 1 heterocycles. The van der Waals surface area contributed by atoms with Crippen molar-refractivity contribution in [3.8, 4) is 0 Å². The molecule has 1 saturated heterocycles. The van der Waals surface area contributed by atoms with Crippen molar-refractivity contribution < 1.29 is 4.79 Å². The Morgan fingerprint density at radius 3 is 2.35 bits per heavy atom. The quantitative estimate of drug-likeness (QED) is 0.917. The summed E-state index contributed by atoms with van der Waals surface area (Å²) in [5.41, 5.74) is 3.49. The molecule has 23 heavy (non-hydrogen) atoms. The second-order valence-corrected chi connectivity index (χ2v) is 6.24. The highest BCUT2D eigenvalue weighted by molar-refractivity contribution is 5.83. The summed E-state index contributed by atoms with van der Waals surface area (Å²) in [5.74, 6) is 0.195. The van der Waals surface area contributed by atoms with Crippen molar-refractivity contribution in [2.24, 2.45) is 0 Å². The second-order valence-electron chi connectivity index (χ2n) is 6.24. The average Bonchev–Trinajstić information content (AvgIpc) is 3.12. The van der Waals surface area contributed by atoms with Gasteiger partial charge in [0.1, 0.15) is 6.04 Å². The molecule has 1 amide bonds. The molecule has 1 atom stereocenters. The Morgan fingerprint density at radius 1 is 1.04 bits per heavy atom. The summed E-state index contributed by atoms with van der Waals surface area (Å²) < 4.78 is 0. The predicted octanol–water partition coefficient (Wildman–Crippen LogP) is 3.45. The SMILES string of the molecule is Cc1ccc(CNC(C(=O)N2CCCC2)c2ccccc2)cc1. The van der Waals surface area contributed by atoms with Gasteiger partial charge in [0.25, 0.3) is 0 Å². The number of nitrogens with one attached hydrogen (secondary N) is 1. The lowest BCUT2D eigenvalue weighted by molar-refractivity contribution is -0.132. The van der Waals surface area contributed by atoms with Crippen LogP contribution in [0, 0.1) is 6.92 Å². The van der Waals surface area contributed by atoms with Crippen LogP contribution in [0.4, 0.5) is 0 Å². The van der Waals surface area contributed by atoms with Gasteiger partial charge in [-0.15, -0.1) is 0 Å². The van der Waals surface area contributed by atoms with Crippen molar-refractivity contribution in [1.29, 1.82) is 0 Å². The summed E-state index contributed by atoms with van der Waals surface area (Å²) in [6.07, 6.45) is 2.23. The van der Waals surface area contributed by atoms with Crippen LogP contribution in [0.1, 0.15) is 35.6 Å². The van der Waals surface area contributed by atoms with Crippen LogP contribution >= 0.6 is 0 Å². The zero-order valence-corrected chi connectivity index (χ0v) is 13.7. The molecule has 120 valence electrons. The number of aryl methyl sites for hydroxylation is 1. The first-order valence-corrected chi connectivity index (χ1v) is 8.37. The van der Waals surface area contributed by atoms with Gasteiger partial charge in [0, 0.05) is 19.6 Å². The first kappa shape index (κ1) is 15.8. The molecule has 3 nitrogen and oxygen atoms in total. The molecule has 1 fully saturated rings. The molecular weight excluding hydrogens is 284 g/mol. The number of amides is 1. The van der Waals surface area contributed by atoms with Crippen LogP contribution in [0.15, 0.2) is 54.6 Å². The second kappa shape index (κ2) is 7.42. The number of carbonyl (C=O) groups is 1. The van der Waals surface area contributed by atoms with E-state index in [0.717, 1.165) is 31.5 Å². The Hall–Kier alpha value is -2.13. The molecule has 0 bridgehead atoms. The topological polar surface area (TPSA) is 32.3 Å². The smallest absolute Gasteiger partial charge is 0.244 e. The van der Waals surface area contributed by atoms with Gasteiger partial charge in [0.15, 0.2) is 0 Å². The summed E-state index contributed by atoms with van der Waals surface area (Å²) in [6, 6.07) is 18.2. The van der Waals surface area contributed by atoms with E-state index in [0.29, 0.717) is 6.54 Å². The molecule has 1 unspecified atom stereocenters. The van der Waals surface area contributed by atoms with Crippen LogP contribution in [0.5, 0.6) is 0 Å². The van der Waals surface area contributed by atoms with Gasteiger partial charge in [-0.05, 0) is 30.9 Å². The van der Waals surface area contributed by atoms with Crippen LogP contribution in [-0.2, 0) is 11.3 Å². The Bertz CT molecular complexity index is 630. The number of hydrogen-bond acceptors (Lipinski definition) is 2. The van der Waals surface area contributed by atoms with E-state index in [-0.39, 0.29) is 11.9 Å². The van der Waals surface area contributed by atoms with E-state index >= 15 is 0 Å². The molecule has 0 aromatic heterocycles. The standard InChI is InChI=1S/C20H24N2O/c1-16-9-11-17(12-10-16)15-21-19(18-7-3-2-4-8-18)20(23)22-13-5-6-14-22/h2-4,7-12,19,21H,5-6,13-15H2,1H3. The third-order valence-corrected chi connectivity index (χ3v) is 4.43. The van der Waals surface area contributed by atoms with E-state index in [2.05, 4.69) is 36.5 Å². The van der Waals surface area contributed by atoms with E-state index in [9.17, 15) is 4.79 Å². The number of benzene rings is 2. The van der Waals surface area contributed by atoms with E-state index in [1.54, 1.807) is 0 Å².